The normalized spacial score (nSPS) is 19.5. The Balaban J connectivity index is 1.06. The fourth-order valence-electron chi connectivity index (χ4n) is 6.31. The molecule has 276 valence electrons. The van der Waals surface area contributed by atoms with Crippen LogP contribution < -0.4 is 0 Å². The largest absolute Gasteiger partial charge is 0.379 e. The highest BCUT2D eigenvalue weighted by Crippen LogP contribution is 2.30. The first-order valence-corrected chi connectivity index (χ1v) is 21.8. The van der Waals surface area contributed by atoms with Crippen LogP contribution >= 0.6 is 11.8 Å². The second kappa shape index (κ2) is 25.8. The van der Waals surface area contributed by atoms with E-state index in [4.69, 9.17) is 18.4 Å². The van der Waals surface area contributed by atoms with E-state index in [0.29, 0.717) is 13.2 Å². The van der Waals surface area contributed by atoms with E-state index in [1.54, 1.807) is 24.3 Å². The van der Waals surface area contributed by atoms with Crippen molar-refractivity contribution < 1.29 is 26.8 Å². The minimum Gasteiger partial charge on any atom is -0.379 e. The standard InChI is InChI=1S/C39H67NO6S2/c1-3-4-5-6-7-8-9-10-11-12-13-14-15-16-17-18-21-24-38-44-34-36(45-38)33-43-31-23-20-19-22-29-40-30-32-47-39(40)46-48(41,42)37-27-25-35(2)26-28-37/h25-28,30,32,36,38-39H,3-24,29,31,33-34H2,1-2H3. The highest BCUT2D eigenvalue weighted by Gasteiger charge is 2.28. The molecular formula is C39H67NO6S2. The monoisotopic (exact) mass is 709 g/mol. The van der Waals surface area contributed by atoms with Crippen molar-refractivity contribution in [1.29, 1.82) is 0 Å². The zero-order valence-corrected chi connectivity index (χ0v) is 31.9. The molecule has 2 aliphatic rings. The summed E-state index contributed by atoms with van der Waals surface area (Å²) in [6.45, 7) is 6.93. The van der Waals surface area contributed by atoms with Gasteiger partial charge in [-0.2, -0.15) is 8.42 Å². The van der Waals surface area contributed by atoms with Gasteiger partial charge in [-0.25, -0.2) is 4.18 Å². The molecule has 0 spiro atoms. The molecule has 0 aliphatic carbocycles. The van der Waals surface area contributed by atoms with Crippen molar-refractivity contribution in [2.45, 2.75) is 178 Å². The van der Waals surface area contributed by atoms with Gasteiger partial charge in [0.25, 0.3) is 10.1 Å². The molecule has 2 heterocycles. The van der Waals surface area contributed by atoms with Gasteiger partial charge >= 0.3 is 0 Å². The lowest BCUT2D eigenvalue weighted by Crippen LogP contribution is -2.30. The van der Waals surface area contributed by atoms with Gasteiger partial charge in [0.15, 0.2) is 6.29 Å². The van der Waals surface area contributed by atoms with E-state index in [-0.39, 0.29) is 17.3 Å². The van der Waals surface area contributed by atoms with E-state index < -0.39 is 15.7 Å². The van der Waals surface area contributed by atoms with Gasteiger partial charge < -0.3 is 19.1 Å². The number of benzene rings is 1. The Bertz CT molecular complexity index is 1070. The van der Waals surface area contributed by atoms with Gasteiger partial charge in [0.05, 0.1) is 18.1 Å². The summed E-state index contributed by atoms with van der Waals surface area (Å²) in [4.78, 5) is 2.15. The van der Waals surface area contributed by atoms with Crippen LogP contribution in [0.3, 0.4) is 0 Å². The number of aryl methyl sites for hydroxylation is 1. The summed E-state index contributed by atoms with van der Waals surface area (Å²) >= 11 is 1.38. The predicted octanol–water partition coefficient (Wildman–Crippen LogP) is 10.9. The van der Waals surface area contributed by atoms with E-state index in [1.165, 1.54) is 121 Å². The van der Waals surface area contributed by atoms with Crippen molar-refractivity contribution in [3.63, 3.8) is 0 Å². The maximum atomic E-state index is 12.7. The van der Waals surface area contributed by atoms with Crippen molar-refractivity contribution in [3.8, 4) is 0 Å². The van der Waals surface area contributed by atoms with Crippen LogP contribution in [0.4, 0.5) is 0 Å². The molecule has 0 saturated carbocycles. The Morgan fingerprint density at radius 1 is 0.771 bits per heavy atom. The van der Waals surface area contributed by atoms with Crippen LogP contribution in [-0.2, 0) is 28.5 Å². The Morgan fingerprint density at radius 2 is 1.33 bits per heavy atom. The quantitative estimate of drug-likeness (QED) is 0.0577. The predicted molar refractivity (Wildman–Crippen MR) is 199 cm³/mol. The Hall–Kier alpha value is -1.10. The summed E-state index contributed by atoms with van der Waals surface area (Å²) in [5.41, 5.74) is 0.462. The number of hydrogen-bond acceptors (Lipinski definition) is 8. The molecule has 3 unspecified atom stereocenters. The van der Waals surface area contributed by atoms with E-state index in [9.17, 15) is 8.42 Å². The summed E-state index contributed by atoms with van der Waals surface area (Å²) in [5, 5.41) is 1.89. The molecular weight excluding hydrogens is 643 g/mol. The molecule has 0 aromatic heterocycles. The number of hydrogen-bond donors (Lipinski definition) is 0. The van der Waals surface area contributed by atoms with Crippen LogP contribution in [0.15, 0.2) is 40.8 Å². The fourth-order valence-corrected chi connectivity index (χ4v) is 8.40. The minimum atomic E-state index is -3.80. The van der Waals surface area contributed by atoms with E-state index in [0.717, 1.165) is 50.8 Å². The number of ether oxygens (including phenoxy) is 3. The van der Waals surface area contributed by atoms with Gasteiger partial charge in [0.1, 0.15) is 6.10 Å². The second-order valence-electron chi connectivity index (χ2n) is 13.8. The first kappa shape index (κ1) is 41.3. The molecule has 48 heavy (non-hydrogen) atoms. The van der Waals surface area contributed by atoms with Crippen LogP contribution in [0.2, 0.25) is 0 Å². The Morgan fingerprint density at radius 3 is 1.96 bits per heavy atom. The SMILES string of the molecule is CCCCCCCCCCCCCCCCCCCC1OCC(COCCCCCCN2C=CSC2OS(=O)(=O)c2ccc(C)cc2)O1. The van der Waals surface area contributed by atoms with Crippen molar-refractivity contribution in [3.05, 3.63) is 41.4 Å². The molecule has 0 bridgehead atoms. The van der Waals surface area contributed by atoms with E-state index >= 15 is 0 Å². The molecule has 1 aromatic rings. The van der Waals surface area contributed by atoms with Crippen LogP contribution in [0.25, 0.3) is 0 Å². The lowest BCUT2D eigenvalue weighted by molar-refractivity contribution is -0.0761. The summed E-state index contributed by atoms with van der Waals surface area (Å²) < 4.78 is 48.7. The number of rotatable bonds is 30. The van der Waals surface area contributed by atoms with Gasteiger partial charge in [0.2, 0.25) is 5.56 Å². The number of nitrogens with zero attached hydrogens (tertiary/aromatic N) is 1. The van der Waals surface area contributed by atoms with Crippen molar-refractivity contribution in [2.75, 3.05) is 26.4 Å². The van der Waals surface area contributed by atoms with E-state index in [2.05, 4.69) is 6.92 Å². The molecule has 1 fully saturated rings. The molecule has 1 aromatic carbocycles. The maximum absolute atomic E-state index is 12.7. The highest BCUT2D eigenvalue weighted by molar-refractivity contribution is 8.03. The average Bonchev–Trinajstić information content (AvgIpc) is 3.72. The van der Waals surface area contributed by atoms with Crippen molar-refractivity contribution >= 4 is 21.9 Å². The second-order valence-corrected chi connectivity index (χ2v) is 16.3. The van der Waals surface area contributed by atoms with Gasteiger partial charge in [-0.05, 0) is 50.1 Å². The Labute approximate surface area is 298 Å². The van der Waals surface area contributed by atoms with Gasteiger partial charge in [-0.1, -0.05) is 152 Å². The number of unbranched alkanes of at least 4 members (excludes halogenated alkanes) is 19. The third kappa shape index (κ3) is 18.2. The molecule has 1 saturated heterocycles. The van der Waals surface area contributed by atoms with Gasteiger partial charge in [0, 0.05) is 19.4 Å². The third-order valence-electron chi connectivity index (χ3n) is 9.35. The molecule has 3 atom stereocenters. The first-order valence-electron chi connectivity index (χ1n) is 19.4. The molecule has 0 amide bonds. The van der Waals surface area contributed by atoms with Crippen molar-refractivity contribution in [2.24, 2.45) is 0 Å². The summed E-state index contributed by atoms with van der Waals surface area (Å²) in [6, 6.07) is 6.76. The molecule has 9 heteroatoms. The van der Waals surface area contributed by atoms with Crippen molar-refractivity contribution in [1.82, 2.24) is 4.90 Å². The average molecular weight is 710 g/mol. The molecule has 0 radical (unpaired) electrons. The van der Waals surface area contributed by atoms with Crippen LogP contribution in [0, 0.1) is 6.92 Å². The lowest BCUT2D eigenvalue weighted by Gasteiger charge is -2.24. The zero-order valence-electron chi connectivity index (χ0n) is 30.3. The number of thioether (sulfide) groups is 1. The first-order chi connectivity index (χ1) is 23.5. The third-order valence-corrected chi connectivity index (χ3v) is 11.6. The molecule has 3 rings (SSSR count). The topological polar surface area (TPSA) is 74.3 Å². The fraction of sp³-hybridized carbons (Fsp3) is 0.795. The maximum Gasteiger partial charge on any atom is 0.299 e. The highest BCUT2D eigenvalue weighted by atomic mass is 32.2. The lowest BCUT2D eigenvalue weighted by atomic mass is 10.0. The minimum absolute atomic E-state index is 0.0494. The van der Waals surface area contributed by atoms with E-state index in [1.807, 2.05) is 23.4 Å². The zero-order chi connectivity index (χ0) is 34.1. The molecule has 7 nitrogen and oxygen atoms in total. The molecule has 0 N–H and O–H groups in total. The summed E-state index contributed by atoms with van der Waals surface area (Å²) in [6.07, 6.45) is 30.6. The summed E-state index contributed by atoms with van der Waals surface area (Å²) in [5.74, 6) is 0. The van der Waals surface area contributed by atoms with Gasteiger partial charge in [-0.15, -0.1) is 0 Å². The van der Waals surface area contributed by atoms with Crippen LogP contribution in [-0.4, -0.2) is 57.6 Å². The Kier molecular flexibility index (Phi) is 22.2. The molecule has 2 aliphatic heterocycles. The summed E-state index contributed by atoms with van der Waals surface area (Å²) in [7, 11) is -3.80. The van der Waals surface area contributed by atoms with Gasteiger partial charge in [-0.3, -0.25) is 0 Å². The smallest absolute Gasteiger partial charge is 0.299 e. The van der Waals surface area contributed by atoms with Crippen LogP contribution in [0.1, 0.15) is 154 Å². The van der Waals surface area contributed by atoms with Crippen LogP contribution in [0.5, 0.6) is 0 Å².